The summed E-state index contributed by atoms with van der Waals surface area (Å²) in [7, 11) is 3.25. The topological polar surface area (TPSA) is 63.3 Å². The monoisotopic (exact) mass is 514 g/mol. The smallest absolute Gasteiger partial charge is 0.191 e. The summed E-state index contributed by atoms with van der Waals surface area (Å²) in [6.45, 7) is 3.86. The maximum atomic E-state index is 13.1. The van der Waals surface area contributed by atoms with Crippen LogP contribution in [0.15, 0.2) is 47.5 Å². The number of hydrogen-bond donors (Lipinski definition) is 1. The van der Waals surface area contributed by atoms with Crippen LogP contribution in [-0.2, 0) is 6.42 Å². The minimum Gasteiger partial charge on any atom is -0.493 e. The maximum Gasteiger partial charge on any atom is 0.191 e. The third-order valence-corrected chi connectivity index (χ3v) is 4.92. The van der Waals surface area contributed by atoms with Crippen LogP contribution in [-0.4, -0.2) is 57.8 Å². The number of methoxy groups -OCH3 is 2. The number of piperazine rings is 1. The number of halogens is 2. The van der Waals surface area contributed by atoms with Gasteiger partial charge in [0.1, 0.15) is 5.82 Å². The lowest BCUT2D eigenvalue weighted by atomic mass is 10.1. The van der Waals surface area contributed by atoms with Gasteiger partial charge in [0.15, 0.2) is 17.5 Å². The lowest BCUT2D eigenvalue weighted by molar-refractivity contribution is 0.354. The molecule has 158 valence electrons. The van der Waals surface area contributed by atoms with E-state index < -0.39 is 0 Å². The molecule has 0 aliphatic carbocycles. The molecule has 1 saturated heterocycles. The van der Waals surface area contributed by atoms with E-state index in [0.717, 1.165) is 43.9 Å². The predicted molar refractivity (Wildman–Crippen MR) is 125 cm³/mol. The minimum atomic E-state index is -0.215. The molecular weight excluding hydrogens is 486 g/mol. The van der Waals surface area contributed by atoms with Crippen molar-refractivity contribution in [3.63, 3.8) is 0 Å². The van der Waals surface area contributed by atoms with Gasteiger partial charge < -0.3 is 25.0 Å². The molecule has 3 rings (SSSR count). The Labute approximate surface area is 188 Å². The number of ether oxygens (including phenoxy) is 2. The molecule has 1 fully saturated rings. The van der Waals surface area contributed by atoms with Crippen LogP contribution in [0, 0.1) is 5.82 Å². The molecule has 6 nitrogen and oxygen atoms in total. The lowest BCUT2D eigenvalue weighted by Crippen LogP contribution is -2.51. The molecule has 0 bridgehead atoms. The van der Waals surface area contributed by atoms with Crippen LogP contribution in [0.2, 0.25) is 0 Å². The van der Waals surface area contributed by atoms with E-state index in [1.807, 2.05) is 30.3 Å². The molecule has 0 unspecified atom stereocenters. The Kier molecular flexibility index (Phi) is 8.81. The van der Waals surface area contributed by atoms with Crippen molar-refractivity contribution in [2.45, 2.75) is 6.42 Å². The molecule has 1 heterocycles. The van der Waals surface area contributed by atoms with Crippen LogP contribution in [0.25, 0.3) is 0 Å². The number of anilines is 1. The highest BCUT2D eigenvalue weighted by molar-refractivity contribution is 14.0. The van der Waals surface area contributed by atoms with Gasteiger partial charge in [0.2, 0.25) is 0 Å². The molecule has 0 amide bonds. The summed E-state index contributed by atoms with van der Waals surface area (Å²) in [4.78, 5) is 8.85. The van der Waals surface area contributed by atoms with E-state index in [4.69, 9.17) is 15.2 Å². The van der Waals surface area contributed by atoms with E-state index in [1.165, 1.54) is 12.1 Å². The fourth-order valence-corrected chi connectivity index (χ4v) is 3.28. The lowest BCUT2D eigenvalue weighted by Gasteiger charge is -2.36. The number of nitrogens with two attached hydrogens (primary N) is 1. The molecule has 1 aliphatic heterocycles. The quantitative estimate of drug-likeness (QED) is 0.365. The van der Waals surface area contributed by atoms with E-state index >= 15 is 0 Å². The number of nitrogens with zero attached hydrogens (tertiary/aromatic N) is 3. The van der Waals surface area contributed by atoms with E-state index in [2.05, 4.69) is 14.8 Å². The van der Waals surface area contributed by atoms with Gasteiger partial charge in [0, 0.05) is 38.4 Å². The second kappa shape index (κ2) is 11.1. The van der Waals surface area contributed by atoms with Gasteiger partial charge in [-0.1, -0.05) is 6.07 Å². The normalized spacial score (nSPS) is 14.4. The Morgan fingerprint density at radius 2 is 1.66 bits per heavy atom. The molecule has 29 heavy (non-hydrogen) atoms. The fraction of sp³-hybridized carbons (Fsp3) is 0.381. The van der Waals surface area contributed by atoms with E-state index in [-0.39, 0.29) is 29.8 Å². The Bertz CT molecular complexity index is 809. The minimum absolute atomic E-state index is 0. The maximum absolute atomic E-state index is 13.1. The summed E-state index contributed by atoms with van der Waals surface area (Å²) in [6.07, 6.45) is 0.774. The zero-order valence-electron chi connectivity index (χ0n) is 16.8. The third-order valence-electron chi connectivity index (χ3n) is 4.92. The van der Waals surface area contributed by atoms with Gasteiger partial charge >= 0.3 is 0 Å². The molecule has 0 radical (unpaired) electrons. The van der Waals surface area contributed by atoms with Crippen molar-refractivity contribution >= 4 is 35.6 Å². The summed E-state index contributed by atoms with van der Waals surface area (Å²) in [5.41, 5.74) is 8.33. The zero-order chi connectivity index (χ0) is 19.9. The average molecular weight is 514 g/mol. The van der Waals surface area contributed by atoms with Gasteiger partial charge in [-0.25, -0.2) is 4.39 Å². The molecule has 2 N–H and O–H groups in total. The molecule has 0 saturated carbocycles. The number of hydrogen-bond acceptors (Lipinski definition) is 4. The molecule has 8 heteroatoms. The summed E-state index contributed by atoms with van der Waals surface area (Å²) >= 11 is 0. The van der Waals surface area contributed by atoms with Gasteiger partial charge in [-0.05, 0) is 48.4 Å². The molecule has 2 aromatic carbocycles. The number of guanidine groups is 1. The van der Waals surface area contributed by atoms with E-state index in [9.17, 15) is 4.39 Å². The highest BCUT2D eigenvalue weighted by Gasteiger charge is 2.18. The predicted octanol–water partition coefficient (Wildman–Crippen LogP) is 3.14. The Morgan fingerprint density at radius 3 is 2.28 bits per heavy atom. The van der Waals surface area contributed by atoms with Gasteiger partial charge in [-0.15, -0.1) is 24.0 Å². The van der Waals surface area contributed by atoms with Crippen LogP contribution in [0.4, 0.5) is 10.1 Å². The molecule has 2 aromatic rings. The standard InChI is InChI=1S/C21H27FN4O2.HI/c1-27-19-8-3-16(15-20(19)28-2)9-10-24-21(23)26-13-11-25(12-14-26)18-6-4-17(22)5-7-18;/h3-8,15H,9-14H2,1-2H3,(H2,23,24);1H. The fourth-order valence-electron chi connectivity index (χ4n) is 3.28. The third kappa shape index (κ3) is 6.12. The second-order valence-electron chi connectivity index (χ2n) is 6.63. The first-order valence-corrected chi connectivity index (χ1v) is 9.37. The summed E-state index contributed by atoms with van der Waals surface area (Å²) in [5, 5.41) is 0. The molecule has 0 aromatic heterocycles. The van der Waals surface area contributed by atoms with Gasteiger partial charge in [-0.3, -0.25) is 4.99 Å². The van der Waals surface area contributed by atoms with Crippen molar-refractivity contribution in [3.8, 4) is 11.5 Å². The van der Waals surface area contributed by atoms with E-state index in [1.54, 1.807) is 14.2 Å². The van der Waals surface area contributed by atoms with Crippen molar-refractivity contribution < 1.29 is 13.9 Å². The van der Waals surface area contributed by atoms with Gasteiger partial charge in [0.25, 0.3) is 0 Å². The Hall–Kier alpha value is -2.23. The highest BCUT2D eigenvalue weighted by Crippen LogP contribution is 2.27. The number of rotatable bonds is 6. The van der Waals surface area contributed by atoms with Crippen LogP contribution in [0.3, 0.4) is 0 Å². The summed E-state index contributed by atoms with van der Waals surface area (Å²) < 4.78 is 23.7. The first-order valence-electron chi connectivity index (χ1n) is 9.37. The van der Waals surface area contributed by atoms with E-state index in [0.29, 0.717) is 24.0 Å². The van der Waals surface area contributed by atoms with Crippen LogP contribution in [0.5, 0.6) is 11.5 Å². The van der Waals surface area contributed by atoms with Crippen LogP contribution < -0.4 is 20.1 Å². The van der Waals surface area contributed by atoms with Crippen molar-refractivity contribution in [2.75, 3.05) is 51.8 Å². The SMILES string of the molecule is COc1ccc(CCN=C(N)N2CCN(c3ccc(F)cc3)CC2)cc1OC.I. The largest absolute Gasteiger partial charge is 0.493 e. The number of aliphatic imine (C=N–C) groups is 1. The molecular formula is C21H28FIN4O2. The summed E-state index contributed by atoms with van der Waals surface area (Å²) in [5.74, 6) is 1.79. The average Bonchev–Trinajstić information content (AvgIpc) is 2.74. The van der Waals surface area contributed by atoms with Crippen molar-refractivity contribution in [1.29, 1.82) is 0 Å². The Balaban J connectivity index is 0.00000300. The second-order valence-corrected chi connectivity index (χ2v) is 6.63. The molecule has 1 aliphatic rings. The molecule has 0 spiro atoms. The van der Waals surface area contributed by atoms with Crippen molar-refractivity contribution in [3.05, 3.63) is 53.8 Å². The first kappa shape index (κ1) is 23.1. The van der Waals surface area contributed by atoms with Crippen LogP contribution in [0.1, 0.15) is 5.56 Å². The van der Waals surface area contributed by atoms with Gasteiger partial charge in [0.05, 0.1) is 14.2 Å². The van der Waals surface area contributed by atoms with Crippen molar-refractivity contribution in [2.24, 2.45) is 10.7 Å². The first-order chi connectivity index (χ1) is 13.6. The molecule has 0 atom stereocenters. The Morgan fingerprint density at radius 1 is 1.00 bits per heavy atom. The number of benzene rings is 2. The zero-order valence-corrected chi connectivity index (χ0v) is 19.1. The summed E-state index contributed by atoms with van der Waals surface area (Å²) in [6, 6.07) is 12.5. The van der Waals surface area contributed by atoms with Crippen LogP contribution >= 0.6 is 24.0 Å². The van der Waals surface area contributed by atoms with Gasteiger partial charge in [-0.2, -0.15) is 0 Å². The van der Waals surface area contributed by atoms with Crippen molar-refractivity contribution in [1.82, 2.24) is 4.90 Å². The highest BCUT2D eigenvalue weighted by atomic mass is 127.